The number of hydrogen-bond acceptors (Lipinski definition) is 1. The SMILES string of the molecule is CCC[C@H](C)NC(=S)Nc1ccc(Cl)cc1. The summed E-state index contributed by atoms with van der Waals surface area (Å²) in [6.45, 7) is 4.28. The van der Waals surface area contributed by atoms with E-state index in [9.17, 15) is 0 Å². The van der Waals surface area contributed by atoms with Crippen molar-refractivity contribution < 1.29 is 0 Å². The Morgan fingerprint density at radius 2 is 2.00 bits per heavy atom. The molecule has 0 aromatic heterocycles. The van der Waals surface area contributed by atoms with Crippen LogP contribution >= 0.6 is 23.8 Å². The first-order valence-electron chi connectivity index (χ1n) is 5.45. The third kappa shape index (κ3) is 4.81. The van der Waals surface area contributed by atoms with Crippen LogP contribution in [0, 0.1) is 0 Å². The molecule has 1 rings (SSSR count). The van der Waals surface area contributed by atoms with Gasteiger partial charge < -0.3 is 10.6 Å². The predicted molar refractivity (Wildman–Crippen MR) is 75.2 cm³/mol. The molecule has 0 aliphatic heterocycles. The van der Waals surface area contributed by atoms with Crippen molar-refractivity contribution in [2.75, 3.05) is 5.32 Å². The van der Waals surface area contributed by atoms with E-state index in [0.29, 0.717) is 11.2 Å². The van der Waals surface area contributed by atoms with Crippen molar-refractivity contribution in [1.29, 1.82) is 0 Å². The lowest BCUT2D eigenvalue weighted by atomic mass is 10.2. The van der Waals surface area contributed by atoms with E-state index >= 15 is 0 Å². The number of rotatable bonds is 4. The zero-order chi connectivity index (χ0) is 12.0. The van der Waals surface area contributed by atoms with Crippen molar-refractivity contribution in [3.05, 3.63) is 29.3 Å². The van der Waals surface area contributed by atoms with Crippen LogP contribution in [0.2, 0.25) is 5.02 Å². The van der Waals surface area contributed by atoms with Gasteiger partial charge in [-0.2, -0.15) is 0 Å². The van der Waals surface area contributed by atoms with Crippen molar-refractivity contribution in [2.45, 2.75) is 32.7 Å². The minimum absolute atomic E-state index is 0.400. The quantitative estimate of drug-likeness (QED) is 0.801. The van der Waals surface area contributed by atoms with Gasteiger partial charge in [-0.15, -0.1) is 0 Å². The van der Waals surface area contributed by atoms with Gasteiger partial charge in [-0.25, -0.2) is 0 Å². The van der Waals surface area contributed by atoms with Crippen LogP contribution in [0.1, 0.15) is 26.7 Å². The summed E-state index contributed by atoms with van der Waals surface area (Å²) in [7, 11) is 0. The number of anilines is 1. The van der Waals surface area contributed by atoms with Crippen LogP contribution in [-0.2, 0) is 0 Å². The molecule has 0 radical (unpaired) electrons. The summed E-state index contributed by atoms with van der Waals surface area (Å²) in [4.78, 5) is 0. The fourth-order valence-electron chi connectivity index (χ4n) is 1.43. The molecule has 0 bridgehead atoms. The van der Waals surface area contributed by atoms with Gasteiger partial charge in [-0.05, 0) is 49.8 Å². The molecule has 0 unspecified atom stereocenters. The van der Waals surface area contributed by atoms with Crippen LogP contribution in [0.5, 0.6) is 0 Å². The second-order valence-corrected chi connectivity index (χ2v) is 4.64. The van der Waals surface area contributed by atoms with Crippen molar-refractivity contribution in [2.24, 2.45) is 0 Å². The molecule has 0 spiro atoms. The molecule has 16 heavy (non-hydrogen) atoms. The highest BCUT2D eigenvalue weighted by Gasteiger charge is 2.02. The Morgan fingerprint density at radius 3 is 2.56 bits per heavy atom. The van der Waals surface area contributed by atoms with Crippen molar-refractivity contribution in [3.63, 3.8) is 0 Å². The van der Waals surface area contributed by atoms with Crippen LogP contribution in [-0.4, -0.2) is 11.2 Å². The molecule has 4 heteroatoms. The van der Waals surface area contributed by atoms with Gasteiger partial charge in [-0.1, -0.05) is 24.9 Å². The number of nitrogens with one attached hydrogen (secondary N) is 2. The zero-order valence-electron chi connectivity index (χ0n) is 9.59. The molecule has 0 amide bonds. The average Bonchev–Trinajstić information content (AvgIpc) is 2.21. The Bertz CT molecular complexity index is 337. The van der Waals surface area contributed by atoms with Crippen LogP contribution in [0.3, 0.4) is 0 Å². The highest BCUT2D eigenvalue weighted by Crippen LogP contribution is 2.13. The zero-order valence-corrected chi connectivity index (χ0v) is 11.2. The Labute approximate surface area is 107 Å². The van der Waals surface area contributed by atoms with E-state index in [-0.39, 0.29) is 0 Å². The van der Waals surface area contributed by atoms with Gasteiger partial charge in [0.05, 0.1) is 0 Å². The van der Waals surface area contributed by atoms with Gasteiger partial charge in [0.2, 0.25) is 0 Å². The maximum atomic E-state index is 5.80. The Kier molecular flexibility index (Phi) is 5.56. The molecule has 0 heterocycles. The van der Waals surface area contributed by atoms with Gasteiger partial charge in [0, 0.05) is 16.8 Å². The lowest BCUT2D eigenvalue weighted by Gasteiger charge is -2.16. The molecular formula is C12H17ClN2S. The molecule has 1 atom stereocenters. The summed E-state index contributed by atoms with van der Waals surface area (Å²) in [5.41, 5.74) is 0.950. The highest BCUT2D eigenvalue weighted by atomic mass is 35.5. The number of halogens is 1. The van der Waals surface area contributed by atoms with Gasteiger partial charge in [-0.3, -0.25) is 0 Å². The topological polar surface area (TPSA) is 24.1 Å². The first-order chi connectivity index (χ1) is 7.61. The summed E-state index contributed by atoms with van der Waals surface area (Å²) >= 11 is 11.0. The molecule has 2 N–H and O–H groups in total. The summed E-state index contributed by atoms with van der Waals surface area (Å²) in [6.07, 6.45) is 2.26. The average molecular weight is 257 g/mol. The van der Waals surface area contributed by atoms with Crippen LogP contribution < -0.4 is 10.6 Å². The standard InChI is InChI=1S/C12H17ClN2S/c1-3-4-9(2)14-12(16)15-11-7-5-10(13)6-8-11/h5-9H,3-4H2,1-2H3,(H2,14,15,16)/t9-/m0/s1. The fraction of sp³-hybridized carbons (Fsp3) is 0.417. The number of benzene rings is 1. The summed E-state index contributed by atoms with van der Waals surface area (Å²) in [6, 6.07) is 7.88. The maximum absolute atomic E-state index is 5.80. The molecule has 0 aliphatic rings. The normalized spacial score (nSPS) is 11.9. The summed E-state index contributed by atoms with van der Waals surface area (Å²) < 4.78 is 0. The second kappa shape index (κ2) is 6.71. The molecule has 1 aromatic carbocycles. The molecule has 0 fully saturated rings. The molecule has 2 nitrogen and oxygen atoms in total. The van der Waals surface area contributed by atoms with Crippen LogP contribution in [0.15, 0.2) is 24.3 Å². The van der Waals surface area contributed by atoms with E-state index in [1.54, 1.807) is 0 Å². The highest BCUT2D eigenvalue weighted by molar-refractivity contribution is 7.80. The first-order valence-corrected chi connectivity index (χ1v) is 6.23. The van der Waals surface area contributed by atoms with E-state index in [0.717, 1.165) is 23.6 Å². The van der Waals surface area contributed by atoms with E-state index < -0.39 is 0 Å². The molecular weight excluding hydrogens is 240 g/mol. The largest absolute Gasteiger partial charge is 0.360 e. The van der Waals surface area contributed by atoms with Gasteiger partial charge >= 0.3 is 0 Å². The van der Waals surface area contributed by atoms with Crippen LogP contribution in [0.25, 0.3) is 0 Å². The van der Waals surface area contributed by atoms with E-state index in [2.05, 4.69) is 24.5 Å². The summed E-state index contributed by atoms with van der Waals surface area (Å²) in [5, 5.41) is 7.73. The summed E-state index contributed by atoms with van der Waals surface area (Å²) in [5.74, 6) is 0. The Hall–Kier alpha value is -0.800. The van der Waals surface area contributed by atoms with E-state index in [1.807, 2.05) is 24.3 Å². The lowest BCUT2D eigenvalue weighted by molar-refractivity contribution is 0.599. The lowest BCUT2D eigenvalue weighted by Crippen LogP contribution is -2.35. The fourth-order valence-corrected chi connectivity index (χ4v) is 1.87. The van der Waals surface area contributed by atoms with Gasteiger partial charge in [0.1, 0.15) is 0 Å². The third-order valence-corrected chi connectivity index (χ3v) is 2.67. The Balaban J connectivity index is 2.42. The van der Waals surface area contributed by atoms with Gasteiger partial charge in [0.15, 0.2) is 5.11 Å². The third-order valence-electron chi connectivity index (χ3n) is 2.20. The monoisotopic (exact) mass is 256 g/mol. The maximum Gasteiger partial charge on any atom is 0.170 e. The molecule has 0 saturated carbocycles. The van der Waals surface area contributed by atoms with E-state index in [1.165, 1.54) is 0 Å². The van der Waals surface area contributed by atoms with Gasteiger partial charge in [0.25, 0.3) is 0 Å². The second-order valence-electron chi connectivity index (χ2n) is 3.80. The smallest absolute Gasteiger partial charge is 0.170 e. The van der Waals surface area contributed by atoms with Crippen LogP contribution in [0.4, 0.5) is 5.69 Å². The first kappa shape index (κ1) is 13.3. The minimum atomic E-state index is 0.400. The van der Waals surface area contributed by atoms with Crippen molar-refractivity contribution >= 4 is 34.6 Å². The predicted octanol–water partition coefficient (Wildman–Crippen LogP) is 3.82. The minimum Gasteiger partial charge on any atom is -0.360 e. The number of thiocarbonyl (C=S) groups is 1. The van der Waals surface area contributed by atoms with Crippen molar-refractivity contribution in [3.8, 4) is 0 Å². The molecule has 1 aromatic rings. The Morgan fingerprint density at radius 1 is 1.38 bits per heavy atom. The molecule has 0 aliphatic carbocycles. The molecule has 0 saturated heterocycles. The molecule has 88 valence electrons. The number of hydrogen-bond donors (Lipinski definition) is 2. The van der Waals surface area contributed by atoms with Crippen molar-refractivity contribution in [1.82, 2.24) is 5.32 Å². The van der Waals surface area contributed by atoms with E-state index in [4.69, 9.17) is 23.8 Å².